The van der Waals surface area contributed by atoms with Crippen LogP contribution in [0.15, 0.2) is 94.2 Å². The average molecular weight is 985 g/mol. The third-order valence-corrected chi connectivity index (χ3v) is 20.2. The number of hydrogen-bond acceptors (Lipinski definition) is 12. The van der Waals surface area contributed by atoms with Gasteiger partial charge in [0.25, 0.3) is 5.95 Å². The molecule has 4 unspecified atom stereocenters. The Hall–Kier alpha value is -3.31. The molecule has 3 N–H and O–H groups in total. The van der Waals surface area contributed by atoms with Gasteiger partial charge in [-0.2, -0.15) is 26.3 Å². The zero-order valence-corrected chi connectivity index (χ0v) is 38.0. The van der Waals surface area contributed by atoms with Crippen molar-refractivity contribution in [3.8, 4) is 39.0 Å². The Bertz CT molecular complexity index is 2860. The van der Waals surface area contributed by atoms with E-state index >= 15 is 0 Å². The van der Waals surface area contributed by atoms with Crippen molar-refractivity contribution in [1.29, 1.82) is 0 Å². The molecule has 0 amide bonds. The number of benzene rings is 1. The molecular formula is C41H30F6N2O4S8+2. The number of epoxide rings is 1. The predicted octanol–water partition coefficient (Wildman–Crippen LogP) is 12.6. The number of aliphatic hydroxyl groups is 1. The number of alkyl halides is 6. The highest BCUT2D eigenvalue weighted by atomic mass is 32.2. The summed E-state index contributed by atoms with van der Waals surface area (Å²) in [5.41, 5.74) is -1.73. The van der Waals surface area contributed by atoms with Gasteiger partial charge in [-0.25, -0.2) is 4.99 Å². The minimum atomic E-state index is -4.67. The van der Waals surface area contributed by atoms with E-state index in [-0.39, 0.29) is 16.4 Å². The van der Waals surface area contributed by atoms with Crippen molar-refractivity contribution in [1.82, 2.24) is 5.32 Å². The first-order valence-corrected chi connectivity index (χ1v) is 25.4. The van der Waals surface area contributed by atoms with Gasteiger partial charge in [-0.3, -0.25) is 0 Å². The smallest absolute Gasteiger partial charge is 0.478 e. The molecule has 20 heteroatoms. The predicted molar refractivity (Wildman–Crippen MR) is 242 cm³/mol. The Balaban J connectivity index is 0.831. The topological polar surface area (TPSA) is 77.2 Å². The van der Waals surface area contributed by atoms with E-state index in [0.29, 0.717) is 23.2 Å². The molecule has 9 heterocycles. The van der Waals surface area contributed by atoms with Crippen LogP contribution in [0.25, 0.3) is 59.2 Å². The lowest BCUT2D eigenvalue weighted by Crippen LogP contribution is -2.73. The van der Waals surface area contributed by atoms with Crippen molar-refractivity contribution in [3.63, 3.8) is 0 Å². The van der Waals surface area contributed by atoms with Gasteiger partial charge < -0.3 is 24.6 Å². The monoisotopic (exact) mass is 984 g/mol. The lowest BCUT2D eigenvalue weighted by atomic mass is 10.2. The first-order chi connectivity index (χ1) is 29.2. The van der Waals surface area contributed by atoms with Gasteiger partial charge in [0.2, 0.25) is 10.7 Å². The van der Waals surface area contributed by atoms with Crippen LogP contribution in [0.5, 0.6) is 0 Å². The van der Waals surface area contributed by atoms with E-state index in [2.05, 4.69) is 52.8 Å². The van der Waals surface area contributed by atoms with E-state index in [0.717, 1.165) is 75.8 Å². The molecule has 3 aliphatic heterocycles. The summed E-state index contributed by atoms with van der Waals surface area (Å²) in [5.74, 6) is -0.732. The number of aliphatic hydroxyl groups excluding tert-OH is 1. The molecule has 6 nitrogen and oxygen atoms in total. The Morgan fingerprint density at radius 2 is 1.25 bits per heavy atom. The van der Waals surface area contributed by atoms with Crippen molar-refractivity contribution in [2.75, 3.05) is 13.2 Å². The van der Waals surface area contributed by atoms with Gasteiger partial charge >= 0.3 is 18.1 Å². The molecule has 6 aromatic heterocycles. The third-order valence-electron chi connectivity index (χ3n) is 9.76. The largest absolute Gasteiger partial charge is 0.480 e. The zero-order chi connectivity index (χ0) is 42.4. The lowest BCUT2D eigenvalue weighted by molar-refractivity contribution is -0.483. The molecule has 3 aliphatic rings. The summed E-state index contributed by atoms with van der Waals surface area (Å²) in [4.78, 5) is 12.4. The maximum Gasteiger partial charge on any atom is 0.478 e. The average Bonchev–Trinajstić information content (AvgIpc) is 4.03. The second kappa shape index (κ2) is 16.0. The Morgan fingerprint density at radius 3 is 1.80 bits per heavy atom. The quantitative estimate of drug-likeness (QED) is 0.0394. The number of thiol groups is 1. The summed E-state index contributed by atoms with van der Waals surface area (Å²) in [6.07, 6.45) is -10.5. The molecule has 4 atom stereocenters. The number of thiophene rings is 6. The summed E-state index contributed by atoms with van der Waals surface area (Å²) < 4.78 is 101. The van der Waals surface area contributed by atoms with E-state index in [1.807, 2.05) is 30.3 Å². The molecule has 0 saturated carbocycles. The first-order valence-electron chi connectivity index (χ1n) is 18.6. The second-order valence-corrected chi connectivity index (χ2v) is 22.7. The van der Waals surface area contributed by atoms with Crippen LogP contribution in [0.2, 0.25) is 0 Å². The zero-order valence-electron chi connectivity index (χ0n) is 31.4. The molecule has 0 bridgehead atoms. The molecule has 61 heavy (non-hydrogen) atoms. The van der Waals surface area contributed by atoms with Crippen molar-refractivity contribution < 1.29 is 50.7 Å². The summed E-state index contributed by atoms with van der Waals surface area (Å²) >= 11 is 11.0. The Morgan fingerprint density at radius 1 is 0.705 bits per heavy atom. The van der Waals surface area contributed by atoms with Crippen LogP contribution in [0, 0.1) is 0 Å². The van der Waals surface area contributed by atoms with E-state index in [4.69, 9.17) is 14.2 Å². The molecule has 10 rings (SSSR count). The number of allylic oxidation sites excluding steroid dienone is 2. The Labute approximate surface area is 376 Å². The fourth-order valence-corrected chi connectivity index (χ4v) is 16.4. The number of rotatable bonds is 11. The SMILES string of the molecule is CCOC(O)=C1SC(c2ccc(-c3ccc(-c4cc5cc6sc(-c7ccc(-c8ccc(C9NC(C(F)(F)F)=C(C%10OC%10OCC)[SH+]9)s8)s7)cc6cc5s4)s3)s2)[NH+]=C1C(F)(F)F. The molecular weight excluding hydrogens is 955 g/mol. The van der Waals surface area contributed by atoms with Crippen LogP contribution >= 0.6 is 79.8 Å². The normalized spacial score (nSPS) is 21.5. The van der Waals surface area contributed by atoms with Crippen LogP contribution in [0.1, 0.15) is 34.3 Å². The van der Waals surface area contributed by atoms with E-state index in [1.54, 1.807) is 59.2 Å². The molecule has 1 fully saturated rings. The van der Waals surface area contributed by atoms with Crippen LogP contribution in [-0.2, 0) is 26.0 Å². The number of thioether (sulfide) groups is 1. The van der Waals surface area contributed by atoms with Gasteiger partial charge in [0, 0.05) is 66.8 Å². The summed E-state index contributed by atoms with van der Waals surface area (Å²) in [7, 11) is 0. The standard InChI is InChI=1S/C41H28F6N2O4S8/c1-3-51-38(50)33-35(41(45,46)47)49-37(61-33)26-12-10-22(57-26)20-6-8-24(55-20)30-16-18-14-27-17(13-28(18)59-30)15-29(58-27)23-7-5-19(54-23)21-9-11-25(56-21)36-48-34(40(42,43)44)32(60-36)31-39(53-31)52-4-2/h5-16,31,36-37,39,48,50H,3-4H2,1-2H3/p+2. The molecule has 0 radical (unpaired) electrons. The number of nitrogens with one attached hydrogen (secondary N) is 2. The molecule has 316 valence electrons. The second-order valence-electron chi connectivity index (χ2n) is 13.8. The maximum atomic E-state index is 14.0. The number of ether oxygens (including phenoxy) is 3. The van der Waals surface area contributed by atoms with Gasteiger partial charge in [0.05, 0.1) is 16.4 Å². The number of halogens is 6. The van der Waals surface area contributed by atoms with Crippen LogP contribution in [0.4, 0.5) is 26.3 Å². The molecule has 1 aromatic carbocycles. The minimum Gasteiger partial charge on any atom is -0.480 e. The van der Waals surface area contributed by atoms with Gasteiger partial charge in [-0.05, 0) is 109 Å². The highest BCUT2D eigenvalue weighted by Gasteiger charge is 2.58. The highest BCUT2D eigenvalue weighted by Crippen LogP contribution is 2.49. The van der Waals surface area contributed by atoms with Crippen molar-refractivity contribution in [2.24, 2.45) is 0 Å². The van der Waals surface area contributed by atoms with E-state index in [1.165, 1.54) is 22.7 Å². The summed E-state index contributed by atoms with van der Waals surface area (Å²) in [5, 5.41) is 13.9. The molecule has 1 saturated heterocycles. The number of fused-ring (bicyclic) bond motifs is 2. The molecule has 7 aromatic rings. The molecule has 0 spiro atoms. The fraction of sp³-hybridized carbons (Fsp3) is 0.244. The van der Waals surface area contributed by atoms with Crippen molar-refractivity contribution >= 4 is 117 Å². The van der Waals surface area contributed by atoms with Gasteiger partial charge in [0.1, 0.15) is 0 Å². The first kappa shape index (κ1) is 41.7. The van der Waals surface area contributed by atoms with Gasteiger partial charge in [-0.1, -0.05) is 0 Å². The third kappa shape index (κ3) is 8.10. The van der Waals surface area contributed by atoms with Crippen molar-refractivity contribution in [2.45, 2.75) is 49.3 Å². The van der Waals surface area contributed by atoms with E-state index < -0.39 is 52.8 Å². The number of hydrogen-bond donors (Lipinski definition) is 3. The summed E-state index contributed by atoms with van der Waals surface area (Å²) in [6.45, 7) is 3.79. The molecule has 0 aliphatic carbocycles. The highest BCUT2D eigenvalue weighted by molar-refractivity contribution is 8.04. The maximum absolute atomic E-state index is 14.0. The van der Waals surface area contributed by atoms with E-state index in [9.17, 15) is 31.4 Å². The summed E-state index contributed by atoms with van der Waals surface area (Å²) in [6, 6.07) is 24.7. The van der Waals surface area contributed by atoms with Crippen LogP contribution in [-0.4, -0.2) is 48.8 Å². The van der Waals surface area contributed by atoms with Crippen LogP contribution in [0.3, 0.4) is 0 Å². The van der Waals surface area contributed by atoms with Gasteiger partial charge in [0.15, 0.2) is 27.9 Å². The minimum absolute atomic E-state index is 0.0440. The lowest BCUT2D eigenvalue weighted by Gasteiger charge is -2.09. The fourth-order valence-electron chi connectivity index (χ4n) is 6.99. The van der Waals surface area contributed by atoms with Crippen LogP contribution < -0.4 is 10.3 Å². The van der Waals surface area contributed by atoms with Gasteiger partial charge in [-0.15, -0.1) is 68.0 Å². The van der Waals surface area contributed by atoms with Crippen molar-refractivity contribution in [3.05, 3.63) is 104 Å². The Kier molecular flexibility index (Phi) is 11.0.